The minimum Gasteiger partial charge on any atom is -0.502 e. The lowest BCUT2D eigenvalue weighted by Crippen LogP contribution is -2.49. The molecule has 0 spiro atoms. The summed E-state index contributed by atoms with van der Waals surface area (Å²) in [6, 6.07) is 7.22. The summed E-state index contributed by atoms with van der Waals surface area (Å²) in [6.07, 6.45) is 1.90. The molecule has 4 N–H and O–H groups in total. The number of aromatic nitrogens is 2. The van der Waals surface area contributed by atoms with Gasteiger partial charge in [-0.05, 0) is 36.3 Å². The predicted octanol–water partition coefficient (Wildman–Crippen LogP) is 2.46. The SMILES string of the molecule is COc1cc(-c2nc3ccc(C4=CNNC4)cc3n2C2(C)COC2)c(F)c(O)c1O. The Kier molecular flexibility index (Phi) is 4.12. The minimum atomic E-state index is -0.958. The van der Waals surface area contributed by atoms with Crippen LogP contribution in [0.3, 0.4) is 0 Å². The van der Waals surface area contributed by atoms with E-state index in [0.717, 1.165) is 16.7 Å². The number of benzene rings is 2. The summed E-state index contributed by atoms with van der Waals surface area (Å²) < 4.78 is 27.5. The zero-order valence-electron chi connectivity index (χ0n) is 16.5. The molecule has 0 unspecified atom stereocenters. The fourth-order valence-electron chi connectivity index (χ4n) is 3.98. The van der Waals surface area contributed by atoms with Crippen LogP contribution in [-0.4, -0.2) is 46.6 Å². The van der Waals surface area contributed by atoms with Crippen LogP contribution in [0, 0.1) is 5.82 Å². The van der Waals surface area contributed by atoms with E-state index in [0.29, 0.717) is 31.1 Å². The molecule has 8 nitrogen and oxygen atoms in total. The molecular formula is C21H21FN4O4. The molecule has 2 aromatic carbocycles. The van der Waals surface area contributed by atoms with E-state index in [1.807, 2.05) is 35.9 Å². The zero-order chi connectivity index (χ0) is 21.0. The molecule has 9 heteroatoms. The summed E-state index contributed by atoms with van der Waals surface area (Å²) in [5.41, 5.74) is 9.26. The smallest absolute Gasteiger partial charge is 0.203 e. The summed E-state index contributed by atoms with van der Waals surface area (Å²) in [5, 5.41) is 20.1. The van der Waals surface area contributed by atoms with Gasteiger partial charge in [-0.2, -0.15) is 0 Å². The molecule has 0 amide bonds. The molecule has 0 saturated carbocycles. The average Bonchev–Trinajstić information content (AvgIpc) is 3.38. The van der Waals surface area contributed by atoms with Gasteiger partial charge in [0.05, 0.1) is 42.5 Å². The van der Waals surface area contributed by atoms with E-state index in [1.165, 1.54) is 13.2 Å². The van der Waals surface area contributed by atoms with Gasteiger partial charge in [0.15, 0.2) is 17.3 Å². The number of fused-ring (bicyclic) bond motifs is 1. The van der Waals surface area contributed by atoms with Crippen molar-refractivity contribution in [3.63, 3.8) is 0 Å². The molecule has 3 heterocycles. The van der Waals surface area contributed by atoms with Crippen molar-refractivity contribution < 1.29 is 24.1 Å². The summed E-state index contributed by atoms with van der Waals surface area (Å²) in [7, 11) is 1.34. The van der Waals surface area contributed by atoms with E-state index in [2.05, 4.69) is 15.8 Å². The molecule has 0 aliphatic carbocycles. The van der Waals surface area contributed by atoms with E-state index in [4.69, 9.17) is 9.47 Å². The van der Waals surface area contributed by atoms with Crippen LogP contribution in [0.1, 0.15) is 12.5 Å². The lowest BCUT2D eigenvalue weighted by Gasteiger charge is -2.40. The van der Waals surface area contributed by atoms with E-state index in [9.17, 15) is 10.2 Å². The molecule has 5 rings (SSSR count). The number of nitrogens with zero attached hydrogens (tertiary/aromatic N) is 2. The average molecular weight is 412 g/mol. The number of hydrogen-bond donors (Lipinski definition) is 4. The Hall–Kier alpha value is -3.30. The minimum absolute atomic E-state index is 0.0357. The van der Waals surface area contributed by atoms with Crippen LogP contribution < -0.4 is 15.6 Å². The van der Waals surface area contributed by atoms with Gasteiger partial charge in [0, 0.05) is 12.7 Å². The first-order valence-electron chi connectivity index (χ1n) is 9.50. The van der Waals surface area contributed by atoms with Crippen molar-refractivity contribution in [1.82, 2.24) is 20.4 Å². The normalized spacial score (nSPS) is 17.5. The standard InChI is InChI=1S/C21H21FN4O4/c1-21(9-30-10-21)26-15-5-11(12-7-23-24-8-12)3-4-14(15)25-20(26)13-6-16(29-2)18(27)19(28)17(13)22/h3-7,23-24,27-28H,8-10H2,1-2H3. The Labute approximate surface area is 171 Å². The van der Waals surface area contributed by atoms with Gasteiger partial charge in [-0.25, -0.2) is 14.8 Å². The third-order valence-corrected chi connectivity index (χ3v) is 5.66. The summed E-state index contributed by atoms with van der Waals surface area (Å²) in [5.74, 6) is -2.18. The number of ether oxygens (including phenoxy) is 2. The largest absolute Gasteiger partial charge is 0.502 e. The molecular weight excluding hydrogens is 391 g/mol. The number of hydrazine groups is 1. The number of nitrogens with one attached hydrogen (secondary N) is 2. The molecule has 0 atom stereocenters. The molecule has 2 aliphatic heterocycles. The van der Waals surface area contributed by atoms with E-state index < -0.39 is 22.9 Å². The van der Waals surface area contributed by atoms with Crippen molar-refractivity contribution in [1.29, 1.82) is 0 Å². The van der Waals surface area contributed by atoms with Crippen LogP contribution in [0.2, 0.25) is 0 Å². The first-order chi connectivity index (χ1) is 14.4. The Bertz CT molecular complexity index is 1200. The first-order valence-corrected chi connectivity index (χ1v) is 9.50. The Balaban J connectivity index is 1.79. The Morgan fingerprint density at radius 1 is 1.23 bits per heavy atom. The van der Waals surface area contributed by atoms with Gasteiger partial charge in [-0.3, -0.25) is 0 Å². The molecule has 3 aromatic rings. The van der Waals surface area contributed by atoms with Crippen LogP contribution in [0.25, 0.3) is 28.0 Å². The van der Waals surface area contributed by atoms with Crippen molar-refractivity contribution in [2.45, 2.75) is 12.5 Å². The maximum atomic E-state index is 15.0. The number of methoxy groups -OCH3 is 1. The number of phenolic OH excluding ortho intramolecular Hbond substituents is 2. The van der Waals surface area contributed by atoms with Crippen LogP contribution in [0.15, 0.2) is 30.5 Å². The lowest BCUT2D eigenvalue weighted by molar-refractivity contribution is -0.0868. The monoisotopic (exact) mass is 412 g/mol. The summed E-state index contributed by atoms with van der Waals surface area (Å²) in [6.45, 7) is 3.60. The zero-order valence-corrected chi connectivity index (χ0v) is 16.5. The van der Waals surface area contributed by atoms with Crippen LogP contribution in [-0.2, 0) is 10.3 Å². The second kappa shape index (κ2) is 6.61. The number of imidazole rings is 1. The highest BCUT2D eigenvalue weighted by Gasteiger charge is 2.39. The fraction of sp³-hybridized carbons (Fsp3) is 0.286. The maximum absolute atomic E-state index is 15.0. The Morgan fingerprint density at radius 2 is 2.03 bits per heavy atom. The molecule has 30 heavy (non-hydrogen) atoms. The summed E-state index contributed by atoms with van der Waals surface area (Å²) in [4.78, 5) is 4.67. The van der Waals surface area contributed by atoms with Crippen molar-refractivity contribution in [3.05, 3.63) is 41.8 Å². The number of aromatic hydroxyl groups is 2. The fourth-order valence-corrected chi connectivity index (χ4v) is 3.98. The first kappa shape index (κ1) is 18.7. The van der Waals surface area contributed by atoms with E-state index >= 15 is 4.39 Å². The van der Waals surface area contributed by atoms with Crippen molar-refractivity contribution in [3.8, 4) is 28.6 Å². The highest BCUT2D eigenvalue weighted by molar-refractivity contribution is 5.86. The third-order valence-electron chi connectivity index (χ3n) is 5.66. The predicted molar refractivity (Wildman–Crippen MR) is 109 cm³/mol. The van der Waals surface area contributed by atoms with Crippen molar-refractivity contribution in [2.75, 3.05) is 26.9 Å². The maximum Gasteiger partial charge on any atom is 0.203 e. The molecule has 0 radical (unpaired) electrons. The number of phenols is 2. The van der Waals surface area contributed by atoms with E-state index in [1.54, 1.807) is 0 Å². The molecule has 1 saturated heterocycles. The molecule has 1 fully saturated rings. The van der Waals surface area contributed by atoms with Gasteiger partial charge < -0.3 is 29.7 Å². The number of halogens is 1. The van der Waals surface area contributed by atoms with Crippen LogP contribution >= 0.6 is 0 Å². The topological polar surface area (TPSA) is 101 Å². The molecule has 1 aromatic heterocycles. The second-order valence-corrected chi connectivity index (χ2v) is 7.77. The summed E-state index contributed by atoms with van der Waals surface area (Å²) >= 11 is 0. The van der Waals surface area contributed by atoms with Gasteiger partial charge in [0.1, 0.15) is 5.82 Å². The lowest BCUT2D eigenvalue weighted by atomic mass is 9.98. The number of hydrogen-bond acceptors (Lipinski definition) is 7. The van der Waals surface area contributed by atoms with Crippen molar-refractivity contribution >= 4 is 16.6 Å². The van der Waals surface area contributed by atoms with Crippen LogP contribution in [0.5, 0.6) is 17.2 Å². The second-order valence-electron chi connectivity index (χ2n) is 7.77. The molecule has 0 bridgehead atoms. The van der Waals surface area contributed by atoms with Gasteiger partial charge in [0.25, 0.3) is 0 Å². The molecule has 2 aliphatic rings. The van der Waals surface area contributed by atoms with Gasteiger partial charge in [0.2, 0.25) is 5.75 Å². The van der Waals surface area contributed by atoms with E-state index in [-0.39, 0.29) is 11.3 Å². The quantitative estimate of drug-likeness (QED) is 0.489. The Morgan fingerprint density at radius 3 is 2.67 bits per heavy atom. The van der Waals surface area contributed by atoms with Crippen molar-refractivity contribution in [2.24, 2.45) is 0 Å². The molecule has 156 valence electrons. The van der Waals surface area contributed by atoms with Gasteiger partial charge in [-0.1, -0.05) is 6.07 Å². The van der Waals surface area contributed by atoms with Gasteiger partial charge >= 0.3 is 0 Å². The highest BCUT2D eigenvalue weighted by atomic mass is 19.1. The van der Waals surface area contributed by atoms with Crippen LogP contribution in [0.4, 0.5) is 4.39 Å². The highest BCUT2D eigenvalue weighted by Crippen LogP contribution is 2.45. The van der Waals surface area contributed by atoms with Gasteiger partial charge in [-0.15, -0.1) is 0 Å². The third kappa shape index (κ3) is 2.62. The number of rotatable bonds is 4.